The summed E-state index contributed by atoms with van der Waals surface area (Å²) >= 11 is 0. The van der Waals surface area contributed by atoms with E-state index in [-0.39, 0.29) is 0 Å². The Morgan fingerprint density at radius 1 is 0.400 bits per heavy atom. The van der Waals surface area contributed by atoms with Gasteiger partial charge in [0.2, 0.25) is 0 Å². The maximum atomic E-state index is 4.33. The van der Waals surface area contributed by atoms with E-state index in [1.165, 1.54) is 60.7 Å². The fourth-order valence-electron chi connectivity index (χ4n) is 7.45. The van der Waals surface area contributed by atoms with Gasteiger partial charge in [-0.15, -0.1) is 0 Å². The van der Waals surface area contributed by atoms with Crippen LogP contribution in [0.4, 0.5) is 17.1 Å². The Labute approximate surface area is 259 Å². The molecule has 0 fully saturated rings. The average molecular weight is 575 g/mol. The van der Waals surface area contributed by atoms with Crippen LogP contribution in [-0.4, -0.2) is 14.1 Å². The minimum Gasteiger partial charge on any atom is -0.309 e. The zero-order valence-electron chi connectivity index (χ0n) is 24.3. The van der Waals surface area contributed by atoms with Crippen molar-refractivity contribution in [1.82, 2.24) is 14.1 Å². The largest absolute Gasteiger partial charge is 0.309 e. The summed E-state index contributed by atoms with van der Waals surface area (Å²) in [6, 6.07) is 52.6. The van der Waals surface area contributed by atoms with Crippen molar-refractivity contribution in [2.24, 2.45) is 0 Å². The number of para-hydroxylation sites is 5. The van der Waals surface area contributed by atoms with Crippen LogP contribution in [0.1, 0.15) is 0 Å². The van der Waals surface area contributed by atoms with Crippen molar-refractivity contribution in [3.8, 4) is 22.5 Å². The number of anilines is 3. The van der Waals surface area contributed by atoms with Gasteiger partial charge in [-0.05, 0) is 71.8 Å². The second-order valence-electron chi connectivity index (χ2n) is 11.7. The van der Waals surface area contributed by atoms with Gasteiger partial charge in [-0.1, -0.05) is 84.9 Å². The van der Waals surface area contributed by atoms with E-state index < -0.39 is 0 Å². The molecule has 0 amide bonds. The Hall–Kier alpha value is -6.13. The fraction of sp³-hybridized carbons (Fsp3) is 0. The molecule has 4 heterocycles. The van der Waals surface area contributed by atoms with Crippen molar-refractivity contribution in [3.63, 3.8) is 0 Å². The molecule has 1 aliphatic heterocycles. The lowest BCUT2D eigenvalue weighted by molar-refractivity contribution is 1.11. The van der Waals surface area contributed by atoms with Gasteiger partial charge in [0.25, 0.3) is 0 Å². The standard InChI is InChI=1S/C41H26N4/c1-2-11-29(12-3-1)43-35-16-6-7-17-36(35)45-37-24-23-32-31-13-4-5-15-34(31)44(41(32)39(37)33-14-8-18-38(43)40(33)45)30-21-19-27(20-22-30)28-10-9-25-42-26-28/h1-26H. The molecule has 1 aliphatic rings. The highest BCUT2D eigenvalue weighted by Crippen LogP contribution is 2.51. The summed E-state index contributed by atoms with van der Waals surface area (Å²) in [4.78, 5) is 6.73. The van der Waals surface area contributed by atoms with Crippen LogP contribution in [-0.2, 0) is 0 Å². The summed E-state index contributed by atoms with van der Waals surface area (Å²) in [7, 11) is 0. The number of benzene rings is 6. The molecule has 0 radical (unpaired) electrons. The molecular weight excluding hydrogens is 548 g/mol. The Morgan fingerprint density at radius 2 is 1.16 bits per heavy atom. The highest BCUT2D eigenvalue weighted by Gasteiger charge is 2.29. The highest BCUT2D eigenvalue weighted by atomic mass is 15.2. The number of rotatable bonds is 3. The molecule has 0 bridgehead atoms. The van der Waals surface area contributed by atoms with Crippen molar-refractivity contribution < 1.29 is 0 Å². The van der Waals surface area contributed by atoms with Gasteiger partial charge >= 0.3 is 0 Å². The molecule has 6 aromatic carbocycles. The molecule has 3 aromatic heterocycles. The number of nitrogens with zero attached hydrogens (tertiary/aromatic N) is 4. The Balaban J connectivity index is 1.34. The van der Waals surface area contributed by atoms with Crippen LogP contribution in [0.5, 0.6) is 0 Å². The SMILES string of the molecule is c1ccc(N2c3ccccc3-n3c4ccc5c6ccccc6n(-c6ccc(-c7cccnc7)cc6)c5c4c4cccc2c43)cc1. The molecule has 0 unspecified atom stereocenters. The molecule has 0 N–H and O–H groups in total. The van der Waals surface area contributed by atoms with Crippen LogP contribution < -0.4 is 4.90 Å². The molecule has 9 aromatic rings. The van der Waals surface area contributed by atoms with Crippen LogP contribution in [0, 0.1) is 0 Å². The Bertz CT molecular complexity index is 2580. The topological polar surface area (TPSA) is 26.0 Å². The van der Waals surface area contributed by atoms with Crippen molar-refractivity contribution in [2.45, 2.75) is 0 Å². The van der Waals surface area contributed by atoms with Gasteiger partial charge in [0.1, 0.15) is 0 Å². The Kier molecular flexibility index (Phi) is 4.96. The molecule has 45 heavy (non-hydrogen) atoms. The molecule has 0 atom stereocenters. The molecule has 4 nitrogen and oxygen atoms in total. The quantitative estimate of drug-likeness (QED) is 0.210. The highest BCUT2D eigenvalue weighted by molar-refractivity contribution is 6.28. The lowest BCUT2D eigenvalue weighted by Crippen LogP contribution is -2.17. The van der Waals surface area contributed by atoms with E-state index in [4.69, 9.17) is 0 Å². The summed E-state index contributed by atoms with van der Waals surface area (Å²) in [5.41, 5.74) is 13.0. The van der Waals surface area contributed by atoms with E-state index in [0.29, 0.717) is 0 Å². The molecule has 0 saturated carbocycles. The smallest absolute Gasteiger partial charge is 0.0784 e. The van der Waals surface area contributed by atoms with E-state index >= 15 is 0 Å². The van der Waals surface area contributed by atoms with Crippen LogP contribution >= 0.6 is 0 Å². The van der Waals surface area contributed by atoms with Crippen LogP contribution in [0.3, 0.4) is 0 Å². The third-order valence-corrected chi connectivity index (χ3v) is 9.30. The molecular formula is C41H26N4. The summed E-state index contributed by atoms with van der Waals surface area (Å²) in [5.74, 6) is 0. The fourth-order valence-corrected chi connectivity index (χ4v) is 7.45. The minimum atomic E-state index is 1.12. The van der Waals surface area contributed by atoms with Gasteiger partial charge in [0.15, 0.2) is 0 Å². The molecule has 0 saturated heterocycles. The van der Waals surface area contributed by atoms with Crippen LogP contribution in [0.15, 0.2) is 158 Å². The summed E-state index contributed by atoms with van der Waals surface area (Å²) in [5, 5.41) is 5.02. The van der Waals surface area contributed by atoms with Gasteiger partial charge in [-0.25, -0.2) is 0 Å². The second-order valence-corrected chi connectivity index (χ2v) is 11.7. The Morgan fingerprint density at radius 3 is 2.00 bits per heavy atom. The predicted octanol–water partition coefficient (Wildman–Crippen LogP) is 10.7. The number of hydrogen-bond donors (Lipinski definition) is 0. The maximum absolute atomic E-state index is 4.33. The number of pyridine rings is 1. The average Bonchev–Trinajstić information content (AvgIpc) is 3.63. The first-order chi connectivity index (χ1) is 22.4. The van der Waals surface area contributed by atoms with Gasteiger partial charge in [0.05, 0.1) is 39.1 Å². The van der Waals surface area contributed by atoms with Crippen molar-refractivity contribution in [1.29, 1.82) is 0 Å². The molecule has 10 rings (SSSR count). The molecule has 0 aliphatic carbocycles. The van der Waals surface area contributed by atoms with E-state index in [1.54, 1.807) is 0 Å². The third-order valence-electron chi connectivity index (χ3n) is 9.30. The van der Waals surface area contributed by atoms with Crippen molar-refractivity contribution >= 4 is 60.7 Å². The number of hydrogen-bond acceptors (Lipinski definition) is 2. The maximum Gasteiger partial charge on any atom is 0.0784 e. The van der Waals surface area contributed by atoms with Crippen molar-refractivity contribution in [3.05, 3.63) is 158 Å². The molecule has 210 valence electrons. The third kappa shape index (κ3) is 3.34. The van der Waals surface area contributed by atoms with E-state index in [1.807, 2.05) is 18.5 Å². The van der Waals surface area contributed by atoms with E-state index in [2.05, 4.69) is 159 Å². The van der Waals surface area contributed by atoms with Gasteiger partial charge in [-0.2, -0.15) is 0 Å². The van der Waals surface area contributed by atoms with Crippen molar-refractivity contribution in [2.75, 3.05) is 4.90 Å². The van der Waals surface area contributed by atoms with E-state index in [9.17, 15) is 0 Å². The minimum absolute atomic E-state index is 1.12. The van der Waals surface area contributed by atoms with Gasteiger partial charge in [-0.3, -0.25) is 4.98 Å². The lowest BCUT2D eigenvalue weighted by Gasteiger charge is -2.33. The zero-order chi connectivity index (χ0) is 29.5. The number of aromatic nitrogens is 3. The normalized spacial score (nSPS) is 12.4. The van der Waals surface area contributed by atoms with Gasteiger partial charge < -0.3 is 14.0 Å². The first kappa shape index (κ1) is 24.3. The predicted molar refractivity (Wildman–Crippen MR) is 187 cm³/mol. The summed E-state index contributed by atoms with van der Waals surface area (Å²) < 4.78 is 4.93. The molecule has 4 heteroatoms. The van der Waals surface area contributed by atoms with Gasteiger partial charge in [0, 0.05) is 45.3 Å². The summed E-state index contributed by atoms with van der Waals surface area (Å²) in [6.45, 7) is 0. The first-order valence-corrected chi connectivity index (χ1v) is 15.3. The van der Waals surface area contributed by atoms with Crippen LogP contribution in [0.25, 0.3) is 66.1 Å². The monoisotopic (exact) mass is 574 g/mol. The summed E-state index contributed by atoms with van der Waals surface area (Å²) in [6.07, 6.45) is 3.74. The molecule has 0 spiro atoms. The van der Waals surface area contributed by atoms with E-state index in [0.717, 1.165) is 22.5 Å². The second kappa shape index (κ2) is 9.18. The lowest BCUT2D eigenvalue weighted by atomic mass is 10.1. The van der Waals surface area contributed by atoms with Crippen LogP contribution in [0.2, 0.25) is 0 Å². The number of fused-ring (bicyclic) bond motifs is 9. The zero-order valence-corrected chi connectivity index (χ0v) is 24.3. The first-order valence-electron chi connectivity index (χ1n) is 15.3.